The summed E-state index contributed by atoms with van der Waals surface area (Å²) < 4.78 is 0. The van der Waals surface area contributed by atoms with Gasteiger partial charge in [-0.2, -0.15) is 0 Å². The number of nitrogens with zero attached hydrogens (tertiary/aromatic N) is 1. The molecule has 0 unspecified atom stereocenters. The molecule has 2 aromatic rings. The smallest absolute Gasteiger partial charge is 0.108 e. The van der Waals surface area contributed by atoms with E-state index in [1.165, 1.54) is 5.56 Å². The van der Waals surface area contributed by atoms with Crippen LogP contribution < -0.4 is 5.32 Å². The minimum Gasteiger partial charge on any atom is -0.348 e. The van der Waals surface area contributed by atoms with E-state index in [4.69, 9.17) is 0 Å². The standard InChI is InChI=1S/C15H20N3/c1-13(14-7-3-2-4-8-14)16-10-6-5-9-15-17-11-12-18-15/h2-4,7-8,11,13,16H,5-6,9-10H2,1H3,(H,17,18)/t13-/m0/s1. The van der Waals surface area contributed by atoms with E-state index in [2.05, 4.69) is 58.7 Å². The van der Waals surface area contributed by atoms with Gasteiger partial charge in [0.15, 0.2) is 0 Å². The van der Waals surface area contributed by atoms with Crippen LogP contribution in [0.4, 0.5) is 0 Å². The normalized spacial score (nSPS) is 12.5. The molecule has 0 aliphatic carbocycles. The van der Waals surface area contributed by atoms with E-state index in [1.54, 1.807) is 6.20 Å². The number of unbranched alkanes of at least 4 members (excludes halogenated alkanes) is 1. The Hall–Kier alpha value is -1.61. The summed E-state index contributed by atoms with van der Waals surface area (Å²) in [7, 11) is 0. The van der Waals surface area contributed by atoms with E-state index < -0.39 is 0 Å². The molecule has 0 saturated heterocycles. The van der Waals surface area contributed by atoms with Gasteiger partial charge in [0.05, 0.1) is 0 Å². The molecule has 2 rings (SSSR count). The average Bonchev–Trinajstić information content (AvgIpc) is 2.92. The van der Waals surface area contributed by atoms with Crippen LogP contribution in [-0.2, 0) is 6.42 Å². The summed E-state index contributed by atoms with van der Waals surface area (Å²) >= 11 is 0. The highest BCUT2D eigenvalue weighted by Crippen LogP contribution is 2.11. The highest BCUT2D eigenvalue weighted by atomic mass is 14.9. The van der Waals surface area contributed by atoms with Gasteiger partial charge in [0.2, 0.25) is 0 Å². The first kappa shape index (κ1) is 12.8. The van der Waals surface area contributed by atoms with Gasteiger partial charge in [-0.3, -0.25) is 0 Å². The van der Waals surface area contributed by atoms with E-state index in [0.29, 0.717) is 6.04 Å². The molecule has 1 atom stereocenters. The number of hydrogen-bond donors (Lipinski definition) is 2. The van der Waals surface area contributed by atoms with Gasteiger partial charge in [-0.05, 0) is 31.9 Å². The second-order valence-electron chi connectivity index (χ2n) is 4.52. The van der Waals surface area contributed by atoms with Crippen molar-refractivity contribution in [2.24, 2.45) is 0 Å². The van der Waals surface area contributed by atoms with Crippen molar-refractivity contribution in [2.75, 3.05) is 6.54 Å². The first-order chi connectivity index (χ1) is 8.86. The first-order valence-electron chi connectivity index (χ1n) is 6.55. The van der Waals surface area contributed by atoms with Crippen molar-refractivity contribution in [1.29, 1.82) is 0 Å². The van der Waals surface area contributed by atoms with Gasteiger partial charge in [-0.15, -0.1) is 0 Å². The third-order valence-electron chi connectivity index (χ3n) is 3.09. The maximum Gasteiger partial charge on any atom is 0.108 e. The van der Waals surface area contributed by atoms with E-state index in [9.17, 15) is 0 Å². The summed E-state index contributed by atoms with van der Waals surface area (Å²) in [5.74, 6) is 1.03. The Bertz CT molecular complexity index is 422. The van der Waals surface area contributed by atoms with Crippen molar-refractivity contribution in [3.63, 3.8) is 0 Å². The number of nitrogens with one attached hydrogen (secondary N) is 2. The number of aromatic amines is 1. The predicted octanol–water partition coefficient (Wildman–Crippen LogP) is 2.88. The Labute approximate surface area is 109 Å². The number of H-pyrrole nitrogens is 1. The van der Waals surface area contributed by atoms with Crippen molar-refractivity contribution in [1.82, 2.24) is 15.3 Å². The van der Waals surface area contributed by atoms with Gasteiger partial charge in [0, 0.05) is 18.7 Å². The monoisotopic (exact) mass is 242 g/mol. The van der Waals surface area contributed by atoms with Gasteiger partial charge in [0.1, 0.15) is 12.0 Å². The number of benzene rings is 1. The molecule has 1 heterocycles. The van der Waals surface area contributed by atoms with Crippen molar-refractivity contribution in [3.05, 3.63) is 54.1 Å². The number of aryl methyl sites for hydroxylation is 1. The largest absolute Gasteiger partial charge is 0.348 e. The summed E-state index contributed by atoms with van der Waals surface area (Å²) in [5, 5.41) is 3.54. The Morgan fingerprint density at radius 2 is 2.11 bits per heavy atom. The van der Waals surface area contributed by atoms with Crippen LogP contribution in [0.5, 0.6) is 0 Å². The van der Waals surface area contributed by atoms with Crippen LogP contribution in [0.1, 0.15) is 37.2 Å². The molecule has 0 bridgehead atoms. The van der Waals surface area contributed by atoms with E-state index in [1.807, 2.05) is 0 Å². The van der Waals surface area contributed by atoms with Gasteiger partial charge >= 0.3 is 0 Å². The maximum atomic E-state index is 4.10. The lowest BCUT2D eigenvalue weighted by molar-refractivity contribution is 0.544. The van der Waals surface area contributed by atoms with Crippen LogP contribution in [0.25, 0.3) is 0 Å². The molecule has 3 heteroatoms. The fourth-order valence-electron chi connectivity index (χ4n) is 1.98. The van der Waals surface area contributed by atoms with Gasteiger partial charge in [0.25, 0.3) is 0 Å². The highest BCUT2D eigenvalue weighted by molar-refractivity contribution is 5.17. The minimum absolute atomic E-state index is 0.420. The summed E-state index contributed by atoms with van der Waals surface area (Å²) in [6.07, 6.45) is 7.86. The summed E-state index contributed by atoms with van der Waals surface area (Å²) in [6.45, 7) is 3.25. The molecule has 0 fully saturated rings. The van der Waals surface area contributed by atoms with Crippen LogP contribution in [0.2, 0.25) is 0 Å². The van der Waals surface area contributed by atoms with Gasteiger partial charge < -0.3 is 10.3 Å². The van der Waals surface area contributed by atoms with Crippen LogP contribution in [-0.4, -0.2) is 16.5 Å². The van der Waals surface area contributed by atoms with Crippen LogP contribution in [0, 0.1) is 6.20 Å². The molecule has 0 spiro atoms. The molecule has 2 N–H and O–H groups in total. The third kappa shape index (κ3) is 4.00. The molecular weight excluding hydrogens is 222 g/mol. The number of rotatable bonds is 7. The van der Waals surface area contributed by atoms with E-state index >= 15 is 0 Å². The zero-order valence-corrected chi connectivity index (χ0v) is 10.8. The molecule has 95 valence electrons. The zero-order valence-electron chi connectivity index (χ0n) is 10.8. The lowest BCUT2D eigenvalue weighted by Crippen LogP contribution is -2.19. The summed E-state index contributed by atoms with van der Waals surface area (Å²) in [5.41, 5.74) is 1.35. The molecule has 1 radical (unpaired) electrons. The van der Waals surface area contributed by atoms with Crippen molar-refractivity contribution >= 4 is 0 Å². The van der Waals surface area contributed by atoms with Crippen LogP contribution >= 0.6 is 0 Å². The molecule has 0 aliphatic rings. The summed E-state index contributed by atoms with van der Waals surface area (Å²) in [6, 6.07) is 11.0. The van der Waals surface area contributed by atoms with Crippen molar-refractivity contribution < 1.29 is 0 Å². The number of imidazole rings is 1. The SMILES string of the molecule is C[C@H](NCCCCc1n[c]c[nH]1)c1ccccc1. The quantitative estimate of drug-likeness (QED) is 0.733. The number of aromatic nitrogens is 2. The first-order valence-corrected chi connectivity index (χ1v) is 6.55. The summed E-state index contributed by atoms with van der Waals surface area (Å²) in [4.78, 5) is 7.17. The molecule has 1 aromatic heterocycles. The molecule has 0 amide bonds. The Morgan fingerprint density at radius 3 is 2.83 bits per heavy atom. The lowest BCUT2D eigenvalue weighted by atomic mass is 10.1. The fraction of sp³-hybridized carbons (Fsp3) is 0.400. The Morgan fingerprint density at radius 1 is 1.28 bits per heavy atom. The molecule has 0 saturated carbocycles. The molecular formula is C15H20N3. The van der Waals surface area contributed by atoms with Crippen LogP contribution in [0.3, 0.4) is 0 Å². The lowest BCUT2D eigenvalue weighted by Gasteiger charge is -2.13. The van der Waals surface area contributed by atoms with Crippen LogP contribution in [0.15, 0.2) is 36.5 Å². The molecule has 18 heavy (non-hydrogen) atoms. The number of hydrogen-bond acceptors (Lipinski definition) is 2. The van der Waals surface area contributed by atoms with Gasteiger partial charge in [-0.25, -0.2) is 4.98 Å². The predicted molar refractivity (Wildman–Crippen MR) is 73.2 cm³/mol. The van der Waals surface area contributed by atoms with Crippen molar-refractivity contribution in [3.8, 4) is 0 Å². The zero-order chi connectivity index (χ0) is 12.6. The Balaban J connectivity index is 1.61. The molecule has 1 aromatic carbocycles. The third-order valence-corrected chi connectivity index (χ3v) is 3.09. The minimum atomic E-state index is 0.420. The maximum absolute atomic E-state index is 4.10. The van der Waals surface area contributed by atoms with Gasteiger partial charge in [-0.1, -0.05) is 30.3 Å². The fourth-order valence-corrected chi connectivity index (χ4v) is 1.98. The molecule has 0 aliphatic heterocycles. The van der Waals surface area contributed by atoms with E-state index in [-0.39, 0.29) is 0 Å². The average molecular weight is 242 g/mol. The second kappa shape index (κ2) is 6.97. The highest BCUT2D eigenvalue weighted by Gasteiger charge is 2.02. The Kier molecular flexibility index (Phi) is 4.97. The molecule has 3 nitrogen and oxygen atoms in total. The van der Waals surface area contributed by atoms with E-state index in [0.717, 1.165) is 31.6 Å². The second-order valence-corrected chi connectivity index (χ2v) is 4.52. The topological polar surface area (TPSA) is 40.7 Å². The van der Waals surface area contributed by atoms with Crippen molar-refractivity contribution in [2.45, 2.75) is 32.2 Å².